The quantitative estimate of drug-likeness (QED) is 0.341. The Labute approximate surface area is 239 Å². The minimum atomic E-state index is -4.21. The number of hydrogen-bond acceptors (Lipinski definition) is 8. The highest BCUT2D eigenvalue weighted by Crippen LogP contribution is 2.33. The van der Waals surface area contributed by atoms with Gasteiger partial charge in [0, 0.05) is 43.6 Å². The molecule has 0 saturated carbocycles. The predicted octanol–water partition coefficient (Wildman–Crippen LogP) is 4.57. The Morgan fingerprint density at radius 2 is 1.69 bits per heavy atom. The maximum Gasteiger partial charge on any atom is 0.401 e. The van der Waals surface area contributed by atoms with E-state index in [1.165, 1.54) is 4.90 Å². The number of urea groups is 1. The summed E-state index contributed by atoms with van der Waals surface area (Å²) in [6, 6.07) is 10.2. The average Bonchev–Trinajstić information content (AvgIpc) is 3.42. The fourth-order valence-corrected chi connectivity index (χ4v) is 5.33. The number of benzene rings is 1. The molecule has 11 nitrogen and oxygen atoms in total. The molecular formula is C28H30F3N9O2. The lowest BCUT2D eigenvalue weighted by Crippen LogP contribution is -2.40. The van der Waals surface area contributed by atoms with Crippen LogP contribution in [-0.4, -0.2) is 87.8 Å². The third kappa shape index (κ3) is 6.44. The van der Waals surface area contributed by atoms with E-state index in [-0.39, 0.29) is 6.04 Å². The number of amides is 2. The van der Waals surface area contributed by atoms with Gasteiger partial charge in [0.1, 0.15) is 5.82 Å². The molecule has 0 unspecified atom stereocenters. The van der Waals surface area contributed by atoms with Crippen molar-refractivity contribution in [2.45, 2.75) is 25.1 Å². The summed E-state index contributed by atoms with van der Waals surface area (Å²) in [5.41, 5.74) is 2.56. The number of piperidine rings is 1. The molecule has 1 aromatic carbocycles. The van der Waals surface area contributed by atoms with Crippen LogP contribution in [0.3, 0.4) is 0 Å². The second-order valence-electron chi connectivity index (χ2n) is 10.3. The molecule has 0 aliphatic carbocycles. The Bertz CT molecular complexity index is 1520. The van der Waals surface area contributed by atoms with Crippen molar-refractivity contribution in [3.05, 3.63) is 55.0 Å². The van der Waals surface area contributed by atoms with E-state index in [1.54, 1.807) is 42.9 Å². The molecule has 5 heterocycles. The van der Waals surface area contributed by atoms with Crippen molar-refractivity contribution in [1.82, 2.24) is 29.6 Å². The van der Waals surface area contributed by atoms with Gasteiger partial charge in [-0.1, -0.05) is 0 Å². The van der Waals surface area contributed by atoms with Gasteiger partial charge in [0.25, 0.3) is 0 Å². The van der Waals surface area contributed by atoms with Gasteiger partial charge in [-0.2, -0.15) is 18.3 Å². The number of pyridine rings is 1. The second-order valence-corrected chi connectivity index (χ2v) is 10.3. The van der Waals surface area contributed by atoms with Gasteiger partial charge in [-0.15, -0.1) is 0 Å². The summed E-state index contributed by atoms with van der Waals surface area (Å²) in [7, 11) is 0. The van der Waals surface area contributed by atoms with E-state index >= 15 is 0 Å². The van der Waals surface area contributed by atoms with E-state index in [0.29, 0.717) is 75.1 Å². The van der Waals surface area contributed by atoms with E-state index in [4.69, 9.17) is 14.7 Å². The van der Waals surface area contributed by atoms with Crippen LogP contribution >= 0.6 is 0 Å². The molecular weight excluding hydrogens is 551 g/mol. The summed E-state index contributed by atoms with van der Waals surface area (Å²) in [4.78, 5) is 29.8. The number of morpholine rings is 1. The number of likely N-dealkylation sites (tertiary alicyclic amines) is 1. The molecule has 220 valence electrons. The third-order valence-corrected chi connectivity index (χ3v) is 7.37. The number of aromatic nitrogens is 5. The van der Waals surface area contributed by atoms with Gasteiger partial charge in [0.15, 0.2) is 11.5 Å². The zero-order chi connectivity index (χ0) is 29.1. The first-order chi connectivity index (χ1) is 20.3. The predicted molar refractivity (Wildman–Crippen MR) is 151 cm³/mol. The molecule has 14 heteroatoms. The Morgan fingerprint density at radius 1 is 0.952 bits per heavy atom. The van der Waals surface area contributed by atoms with Crippen molar-refractivity contribution in [2.24, 2.45) is 0 Å². The number of anilines is 3. The number of halogens is 3. The Balaban J connectivity index is 1.26. The molecule has 0 radical (unpaired) electrons. The van der Waals surface area contributed by atoms with Crippen molar-refractivity contribution in [2.75, 3.05) is 61.5 Å². The van der Waals surface area contributed by atoms with Crippen LogP contribution in [0.5, 0.6) is 0 Å². The molecule has 0 atom stereocenters. The molecule has 2 saturated heterocycles. The molecule has 2 amide bonds. The molecule has 4 aromatic rings. The number of hydrogen-bond donors (Lipinski definition) is 2. The first-order valence-corrected chi connectivity index (χ1v) is 13.8. The number of carbonyl (C=O) groups is 1. The van der Waals surface area contributed by atoms with Crippen molar-refractivity contribution < 1.29 is 22.7 Å². The van der Waals surface area contributed by atoms with Gasteiger partial charge in [-0.3, -0.25) is 9.88 Å². The summed E-state index contributed by atoms with van der Waals surface area (Å²) >= 11 is 0. The molecule has 3 aromatic heterocycles. The van der Waals surface area contributed by atoms with Crippen LogP contribution in [0.4, 0.5) is 35.2 Å². The Morgan fingerprint density at radius 3 is 2.38 bits per heavy atom. The minimum Gasteiger partial charge on any atom is -0.378 e. The number of nitrogens with zero attached hydrogens (tertiary/aromatic N) is 7. The highest BCUT2D eigenvalue weighted by atomic mass is 19.4. The SMILES string of the molecule is O=C(Nc1ccc(-c2nc(N3CCOCC3)c3cnn(C4CCN(CC(F)(F)F)CC4)c3n2)cc1)Nc1cccnc1. The smallest absolute Gasteiger partial charge is 0.378 e. The van der Waals surface area contributed by atoms with Crippen LogP contribution in [-0.2, 0) is 4.74 Å². The van der Waals surface area contributed by atoms with Gasteiger partial charge < -0.3 is 20.3 Å². The summed E-state index contributed by atoms with van der Waals surface area (Å²) in [6.07, 6.45) is 1.80. The van der Waals surface area contributed by atoms with Crippen molar-refractivity contribution >= 4 is 34.3 Å². The molecule has 0 spiro atoms. The number of nitrogens with one attached hydrogen (secondary N) is 2. The fraction of sp³-hybridized carbons (Fsp3) is 0.393. The van der Waals surface area contributed by atoms with Crippen LogP contribution < -0.4 is 15.5 Å². The zero-order valence-electron chi connectivity index (χ0n) is 22.7. The highest BCUT2D eigenvalue weighted by Gasteiger charge is 2.33. The number of carbonyl (C=O) groups excluding carboxylic acids is 1. The third-order valence-electron chi connectivity index (χ3n) is 7.37. The van der Waals surface area contributed by atoms with Crippen molar-refractivity contribution in [3.63, 3.8) is 0 Å². The lowest BCUT2D eigenvalue weighted by molar-refractivity contribution is -0.148. The van der Waals surface area contributed by atoms with Crippen molar-refractivity contribution in [3.8, 4) is 11.4 Å². The fourth-order valence-electron chi connectivity index (χ4n) is 5.33. The lowest BCUT2D eigenvalue weighted by Gasteiger charge is -2.32. The summed E-state index contributed by atoms with van der Waals surface area (Å²) in [5.74, 6) is 1.24. The van der Waals surface area contributed by atoms with Crippen LogP contribution in [0.2, 0.25) is 0 Å². The molecule has 2 N–H and O–H groups in total. The number of alkyl halides is 3. The Hall–Kier alpha value is -4.30. The van der Waals surface area contributed by atoms with E-state index in [2.05, 4.69) is 25.6 Å². The van der Waals surface area contributed by atoms with E-state index < -0.39 is 18.8 Å². The topological polar surface area (TPSA) is 113 Å². The number of ether oxygens (including phenoxy) is 1. The molecule has 2 aliphatic rings. The molecule has 42 heavy (non-hydrogen) atoms. The maximum atomic E-state index is 12.9. The van der Waals surface area contributed by atoms with Gasteiger partial charge in [-0.05, 0) is 49.2 Å². The van der Waals surface area contributed by atoms with Gasteiger partial charge in [0.05, 0.1) is 49.3 Å². The number of fused-ring (bicyclic) bond motifs is 1. The summed E-state index contributed by atoms with van der Waals surface area (Å²) in [6.45, 7) is 2.26. The second kappa shape index (κ2) is 11.9. The van der Waals surface area contributed by atoms with Crippen LogP contribution in [0.15, 0.2) is 55.0 Å². The average molecular weight is 582 g/mol. The molecule has 6 rings (SSSR count). The van der Waals surface area contributed by atoms with Crippen LogP contribution in [0.1, 0.15) is 18.9 Å². The largest absolute Gasteiger partial charge is 0.401 e. The van der Waals surface area contributed by atoms with E-state index in [9.17, 15) is 18.0 Å². The first-order valence-electron chi connectivity index (χ1n) is 13.8. The normalized spacial score (nSPS) is 17.0. The van der Waals surface area contributed by atoms with E-state index in [1.807, 2.05) is 16.8 Å². The van der Waals surface area contributed by atoms with Gasteiger partial charge in [0.2, 0.25) is 0 Å². The first kappa shape index (κ1) is 27.8. The standard InChI is InChI=1S/C28H30F3N9O2/c29-28(30,31)18-38-10-7-22(8-11-38)40-26-23(17-33-40)25(39-12-14-42-15-13-39)36-24(37-26)19-3-5-20(6-4-19)34-27(41)35-21-2-1-9-32-16-21/h1-6,9,16-17,22H,7-8,10-15,18H2,(H2,34,35,41). The van der Waals surface area contributed by atoms with Crippen molar-refractivity contribution in [1.29, 1.82) is 0 Å². The molecule has 2 fully saturated rings. The lowest BCUT2D eigenvalue weighted by atomic mass is 10.1. The maximum absolute atomic E-state index is 12.9. The van der Waals surface area contributed by atoms with Gasteiger partial charge >= 0.3 is 12.2 Å². The highest BCUT2D eigenvalue weighted by molar-refractivity contribution is 5.99. The van der Waals surface area contributed by atoms with Crippen LogP contribution in [0, 0.1) is 0 Å². The monoisotopic (exact) mass is 581 g/mol. The number of rotatable bonds is 6. The molecule has 0 bridgehead atoms. The van der Waals surface area contributed by atoms with Crippen LogP contribution in [0.25, 0.3) is 22.4 Å². The zero-order valence-corrected chi connectivity index (χ0v) is 22.7. The summed E-state index contributed by atoms with van der Waals surface area (Å²) < 4.78 is 46.1. The Kier molecular flexibility index (Phi) is 7.89. The van der Waals surface area contributed by atoms with E-state index in [0.717, 1.165) is 16.8 Å². The van der Waals surface area contributed by atoms with Gasteiger partial charge in [-0.25, -0.2) is 19.4 Å². The minimum absolute atomic E-state index is 0.0721. The molecule has 2 aliphatic heterocycles. The summed E-state index contributed by atoms with van der Waals surface area (Å²) in [5, 5.41) is 11.0.